The lowest BCUT2D eigenvalue weighted by Crippen LogP contribution is -2.41. The fourth-order valence-electron chi connectivity index (χ4n) is 2.80. The fourth-order valence-corrected chi connectivity index (χ4v) is 2.80. The zero-order valence-electron chi connectivity index (χ0n) is 17.0. The van der Waals surface area contributed by atoms with E-state index in [1.165, 1.54) is 0 Å². The highest BCUT2D eigenvalue weighted by Gasteiger charge is 2.58. The van der Waals surface area contributed by atoms with Crippen LogP contribution in [0.5, 0.6) is 5.75 Å². The number of alkyl halides is 5. The zero-order valence-corrected chi connectivity index (χ0v) is 17.0. The van der Waals surface area contributed by atoms with Crippen molar-refractivity contribution in [1.29, 1.82) is 0 Å². The summed E-state index contributed by atoms with van der Waals surface area (Å²) in [5.41, 5.74) is 1.25. The predicted octanol–water partition coefficient (Wildman–Crippen LogP) is 4.07. The maximum absolute atomic E-state index is 12.9. The molecule has 2 aromatic heterocycles. The number of amides is 1. The van der Waals surface area contributed by atoms with Crippen molar-refractivity contribution < 1.29 is 36.3 Å². The van der Waals surface area contributed by atoms with Crippen molar-refractivity contribution >= 4 is 11.7 Å². The number of nitrogens with one attached hydrogen (secondary N) is 1. The van der Waals surface area contributed by atoms with Gasteiger partial charge in [0.1, 0.15) is 17.2 Å². The molecule has 1 fully saturated rings. The van der Waals surface area contributed by atoms with E-state index >= 15 is 0 Å². The molecule has 32 heavy (non-hydrogen) atoms. The third-order valence-corrected chi connectivity index (χ3v) is 4.88. The van der Waals surface area contributed by atoms with Crippen LogP contribution >= 0.6 is 0 Å². The smallest absolute Gasteiger partial charge is 0.456 e. The Morgan fingerprint density at radius 3 is 2.47 bits per heavy atom. The Kier molecular flexibility index (Phi) is 6.75. The van der Waals surface area contributed by atoms with Crippen molar-refractivity contribution in [2.75, 3.05) is 6.61 Å². The normalized spacial score (nSPS) is 15.2. The van der Waals surface area contributed by atoms with Gasteiger partial charge in [-0.25, -0.2) is 4.98 Å². The molecule has 0 saturated heterocycles. The number of Topliss-reactive ketones (excluding diaryl/α,β-unsaturated/α-hetero) is 1. The Labute approximate surface area is 180 Å². The van der Waals surface area contributed by atoms with E-state index in [2.05, 4.69) is 20.0 Å². The van der Waals surface area contributed by atoms with Crippen LogP contribution in [-0.2, 0) is 11.2 Å². The highest BCUT2D eigenvalue weighted by molar-refractivity contribution is 5.92. The van der Waals surface area contributed by atoms with E-state index in [1.807, 2.05) is 0 Å². The van der Waals surface area contributed by atoms with Crippen molar-refractivity contribution in [3.05, 3.63) is 53.6 Å². The monoisotopic (exact) mass is 457 g/mol. The van der Waals surface area contributed by atoms with Gasteiger partial charge in [0.15, 0.2) is 6.61 Å². The second-order valence-electron chi connectivity index (χ2n) is 7.56. The SMILES string of the molecule is CC(NC(=O)c1ccc(OCC(F)(F)C(F)(F)F)cn1)c1ccnc(CC(=O)C2CC2)c1. The third-order valence-electron chi connectivity index (χ3n) is 4.88. The van der Waals surface area contributed by atoms with Crippen LogP contribution in [0.3, 0.4) is 0 Å². The van der Waals surface area contributed by atoms with Gasteiger partial charge < -0.3 is 10.1 Å². The summed E-state index contributed by atoms with van der Waals surface area (Å²) in [5, 5.41) is 2.70. The van der Waals surface area contributed by atoms with Crippen LogP contribution in [0.25, 0.3) is 0 Å². The molecular weight excluding hydrogens is 437 g/mol. The van der Waals surface area contributed by atoms with Crippen molar-refractivity contribution in [2.24, 2.45) is 5.92 Å². The first-order valence-corrected chi connectivity index (χ1v) is 9.78. The molecule has 1 saturated carbocycles. The zero-order chi connectivity index (χ0) is 23.5. The van der Waals surface area contributed by atoms with Crippen molar-refractivity contribution in [2.45, 2.75) is 44.3 Å². The summed E-state index contributed by atoms with van der Waals surface area (Å²) in [6, 6.07) is 5.20. The minimum Gasteiger partial charge on any atom is -0.485 e. The lowest BCUT2D eigenvalue weighted by Gasteiger charge is -2.19. The van der Waals surface area contributed by atoms with Gasteiger partial charge in [-0.1, -0.05) is 0 Å². The van der Waals surface area contributed by atoms with E-state index in [0.717, 1.165) is 36.7 Å². The first-order valence-electron chi connectivity index (χ1n) is 9.78. The Hall–Kier alpha value is -3.11. The molecule has 0 bridgehead atoms. The van der Waals surface area contributed by atoms with E-state index in [1.54, 1.807) is 25.3 Å². The van der Waals surface area contributed by atoms with Crippen molar-refractivity contribution in [3.63, 3.8) is 0 Å². The molecule has 11 heteroatoms. The van der Waals surface area contributed by atoms with Crippen LogP contribution in [-0.4, -0.2) is 40.4 Å². The van der Waals surface area contributed by atoms with E-state index in [9.17, 15) is 31.5 Å². The number of carbonyl (C=O) groups excluding carboxylic acids is 2. The van der Waals surface area contributed by atoms with Crippen LogP contribution in [0.1, 0.15) is 47.6 Å². The van der Waals surface area contributed by atoms with Gasteiger partial charge in [-0.05, 0) is 49.6 Å². The molecule has 1 atom stereocenters. The summed E-state index contributed by atoms with van der Waals surface area (Å²) in [6.07, 6.45) is -1.24. The number of ketones is 1. The van der Waals surface area contributed by atoms with E-state index in [0.29, 0.717) is 5.69 Å². The van der Waals surface area contributed by atoms with Gasteiger partial charge in [0.2, 0.25) is 0 Å². The Bertz CT molecular complexity index is 975. The summed E-state index contributed by atoms with van der Waals surface area (Å²) < 4.78 is 66.8. The minimum absolute atomic E-state index is 0.0787. The standard InChI is InChI=1S/C21H20F5N3O3/c1-12(14-6-7-27-15(8-14)9-18(30)13-2-3-13)29-19(31)17-5-4-16(10-28-17)32-11-20(22,23)21(24,25)26/h4-8,10,12-13H,2-3,9,11H2,1H3,(H,29,31). The molecule has 2 aromatic rings. The van der Waals surface area contributed by atoms with Gasteiger partial charge in [0, 0.05) is 24.2 Å². The number of carbonyl (C=O) groups is 2. The molecule has 1 amide bonds. The Morgan fingerprint density at radius 1 is 1.16 bits per heavy atom. The molecule has 0 aromatic carbocycles. The number of hydrogen-bond acceptors (Lipinski definition) is 5. The van der Waals surface area contributed by atoms with Gasteiger partial charge in [-0.3, -0.25) is 14.6 Å². The van der Waals surface area contributed by atoms with Crippen LogP contribution in [0.2, 0.25) is 0 Å². The molecule has 3 rings (SSSR count). The lowest BCUT2D eigenvalue weighted by molar-refractivity contribution is -0.290. The first kappa shape index (κ1) is 23.6. The summed E-state index contributed by atoms with van der Waals surface area (Å²) >= 11 is 0. The van der Waals surface area contributed by atoms with E-state index < -0.39 is 30.7 Å². The Balaban J connectivity index is 1.56. The summed E-state index contributed by atoms with van der Waals surface area (Å²) in [6.45, 7) is -0.176. The molecule has 1 unspecified atom stereocenters. The van der Waals surface area contributed by atoms with Crippen LogP contribution in [0, 0.1) is 5.92 Å². The van der Waals surface area contributed by atoms with E-state index in [-0.39, 0.29) is 29.6 Å². The topological polar surface area (TPSA) is 81.2 Å². The van der Waals surface area contributed by atoms with Crippen molar-refractivity contribution in [1.82, 2.24) is 15.3 Å². The molecular formula is C21H20F5N3O3. The predicted molar refractivity (Wildman–Crippen MR) is 102 cm³/mol. The highest BCUT2D eigenvalue weighted by atomic mass is 19.4. The number of rotatable bonds is 9. The molecule has 0 aliphatic heterocycles. The lowest BCUT2D eigenvalue weighted by atomic mass is 10.1. The van der Waals surface area contributed by atoms with Gasteiger partial charge in [-0.15, -0.1) is 0 Å². The summed E-state index contributed by atoms with van der Waals surface area (Å²) in [5.74, 6) is -5.67. The van der Waals surface area contributed by atoms with Gasteiger partial charge in [-0.2, -0.15) is 22.0 Å². The van der Waals surface area contributed by atoms with Gasteiger partial charge in [0.25, 0.3) is 5.91 Å². The van der Waals surface area contributed by atoms with E-state index in [4.69, 9.17) is 0 Å². The quantitative estimate of drug-likeness (QED) is 0.575. The van der Waals surface area contributed by atoms with Crippen molar-refractivity contribution in [3.8, 4) is 5.75 Å². The second-order valence-corrected chi connectivity index (χ2v) is 7.56. The molecule has 0 spiro atoms. The van der Waals surface area contributed by atoms with Crippen LogP contribution < -0.4 is 10.1 Å². The maximum Gasteiger partial charge on any atom is 0.456 e. The van der Waals surface area contributed by atoms with Gasteiger partial charge in [0.05, 0.1) is 12.2 Å². The molecule has 2 heterocycles. The molecule has 172 valence electrons. The summed E-state index contributed by atoms with van der Waals surface area (Å²) in [4.78, 5) is 32.3. The van der Waals surface area contributed by atoms with Crippen LogP contribution in [0.4, 0.5) is 22.0 Å². The number of aromatic nitrogens is 2. The number of halogens is 5. The third kappa shape index (κ3) is 5.98. The first-order chi connectivity index (χ1) is 15.0. The molecule has 1 aliphatic rings. The van der Waals surface area contributed by atoms with Gasteiger partial charge >= 0.3 is 12.1 Å². The second kappa shape index (κ2) is 9.17. The summed E-state index contributed by atoms with van der Waals surface area (Å²) in [7, 11) is 0. The number of nitrogens with zero attached hydrogens (tertiary/aromatic N) is 2. The number of hydrogen-bond donors (Lipinski definition) is 1. The molecule has 6 nitrogen and oxygen atoms in total. The molecule has 1 N–H and O–H groups in total. The van der Waals surface area contributed by atoms with Crippen LogP contribution in [0.15, 0.2) is 36.7 Å². The highest BCUT2D eigenvalue weighted by Crippen LogP contribution is 2.35. The maximum atomic E-state index is 12.9. The average molecular weight is 457 g/mol. The average Bonchev–Trinajstić information content (AvgIpc) is 3.57. The largest absolute Gasteiger partial charge is 0.485 e. The number of ether oxygens (including phenoxy) is 1. The molecule has 1 aliphatic carbocycles. The molecule has 0 radical (unpaired) electrons. The minimum atomic E-state index is -5.73. The Morgan fingerprint density at radius 2 is 1.88 bits per heavy atom. The number of pyridine rings is 2. The fraction of sp³-hybridized carbons (Fsp3) is 0.429.